The molecule has 0 unspecified atom stereocenters. The largest absolute Gasteiger partial charge is 0.382 e. The molecule has 1 fully saturated rings. The second-order valence-electron chi connectivity index (χ2n) is 4.28. The van der Waals surface area contributed by atoms with Gasteiger partial charge in [0.15, 0.2) is 0 Å². The third kappa shape index (κ3) is 2.95. The van der Waals surface area contributed by atoms with Gasteiger partial charge in [0.1, 0.15) is 11.5 Å². The smallest absolute Gasteiger partial charge is 0.274 e. The van der Waals surface area contributed by atoms with Crippen LogP contribution in [0.4, 0.5) is 5.82 Å². The molecule has 1 aliphatic heterocycles. The van der Waals surface area contributed by atoms with Crippen LogP contribution in [0.3, 0.4) is 0 Å². The fourth-order valence-corrected chi connectivity index (χ4v) is 2.11. The summed E-state index contributed by atoms with van der Waals surface area (Å²) in [4.78, 5) is 21.8. The second-order valence-corrected chi connectivity index (χ2v) is 4.28. The number of hydrogen-bond donors (Lipinski definition) is 1. The van der Waals surface area contributed by atoms with E-state index in [0.717, 1.165) is 19.4 Å². The number of likely N-dealkylation sites (tertiary alicyclic amines) is 1. The van der Waals surface area contributed by atoms with E-state index in [9.17, 15) is 4.79 Å². The summed E-state index contributed by atoms with van der Waals surface area (Å²) in [6.45, 7) is 4.10. The normalized spacial score (nSPS) is 16.8. The Labute approximate surface area is 106 Å². The van der Waals surface area contributed by atoms with E-state index < -0.39 is 0 Å². The van der Waals surface area contributed by atoms with Crippen molar-refractivity contribution in [1.29, 1.82) is 0 Å². The fraction of sp³-hybridized carbons (Fsp3) is 0.583. The summed E-state index contributed by atoms with van der Waals surface area (Å²) >= 11 is 0. The number of nitrogens with zero attached hydrogens (tertiary/aromatic N) is 3. The molecule has 1 amide bonds. The van der Waals surface area contributed by atoms with Crippen molar-refractivity contribution < 1.29 is 9.53 Å². The van der Waals surface area contributed by atoms with Gasteiger partial charge < -0.3 is 15.4 Å². The average Bonchev–Trinajstić information content (AvgIpc) is 2.39. The second kappa shape index (κ2) is 5.77. The van der Waals surface area contributed by atoms with Gasteiger partial charge in [-0.25, -0.2) is 4.98 Å². The Balaban J connectivity index is 1.95. The zero-order valence-corrected chi connectivity index (χ0v) is 10.5. The standard InChI is InChI=1S/C12H18N4O2/c1-2-18-9-3-5-16(6-4-9)12(17)10-7-14-8-11(13)15-10/h7-9H,2-6H2,1H3,(H2,13,15). The Kier molecular flexibility index (Phi) is 4.09. The van der Waals surface area contributed by atoms with Gasteiger partial charge in [0.05, 0.1) is 18.5 Å². The van der Waals surface area contributed by atoms with Crippen LogP contribution in [0.1, 0.15) is 30.3 Å². The number of carbonyl (C=O) groups is 1. The van der Waals surface area contributed by atoms with Gasteiger partial charge >= 0.3 is 0 Å². The number of piperidine rings is 1. The van der Waals surface area contributed by atoms with Gasteiger partial charge in [0.25, 0.3) is 5.91 Å². The molecule has 1 aromatic rings. The highest BCUT2D eigenvalue weighted by atomic mass is 16.5. The van der Waals surface area contributed by atoms with Crippen molar-refractivity contribution in [2.24, 2.45) is 0 Å². The van der Waals surface area contributed by atoms with Crippen molar-refractivity contribution in [2.75, 3.05) is 25.4 Å². The van der Waals surface area contributed by atoms with E-state index in [2.05, 4.69) is 9.97 Å². The molecule has 1 aliphatic rings. The molecule has 0 saturated carbocycles. The topological polar surface area (TPSA) is 81.3 Å². The average molecular weight is 250 g/mol. The van der Waals surface area contributed by atoms with Gasteiger partial charge in [-0.2, -0.15) is 0 Å². The van der Waals surface area contributed by atoms with Gasteiger partial charge in [-0.1, -0.05) is 0 Å². The number of aromatic nitrogens is 2. The molecule has 2 N–H and O–H groups in total. The van der Waals surface area contributed by atoms with Crippen LogP contribution in [0.2, 0.25) is 0 Å². The van der Waals surface area contributed by atoms with Gasteiger partial charge in [-0.3, -0.25) is 9.78 Å². The molecule has 1 saturated heterocycles. The maximum Gasteiger partial charge on any atom is 0.274 e. The number of nitrogen functional groups attached to an aromatic ring is 1. The van der Waals surface area contributed by atoms with Crippen LogP contribution in [0, 0.1) is 0 Å². The molecular weight excluding hydrogens is 232 g/mol. The van der Waals surface area contributed by atoms with Crippen LogP contribution in [0.5, 0.6) is 0 Å². The number of nitrogens with two attached hydrogens (primary N) is 1. The van der Waals surface area contributed by atoms with Crippen LogP contribution >= 0.6 is 0 Å². The summed E-state index contributed by atoms with van der Waals surface area (Å²) in [5.41, 5.74) is 5.83. The van der Waals surface area contributed by atoms with Crippen molar-refractivity contribution >= 4 is 11.7 Å². The van der Waals surface area contributed by atoms with Crippen LogP contribution in [-0.2, 0) is 4.74 Å². The summed E-state index contributed by atoms with van der Waals surface area (Å²) in [6.07, 6.45) is 4.89. The molecule has 0 radical (unpaired) electrons. The van der Waals surface area contributed by atoms with Crippen molar-refractivity contribution in [1.82, 2.24) is 14.9 Å². The Morgan fingerprint density at radius 1 is 1.50 bits per heavy atom. The van der Waals surface area contributed by atoms with Gasteiger partial charge in [0.2, 0.25) is 0 Å². The molecule has 0 bridgehead atoms. The first-order chi connectivity index (χ1) is 8.70. The van der Waals surface area contributed by atoms with E-state index in [4.69, 9.17) is 10.5 Å². The molecule has 0 atom stereocenters. The van der Waals surface area contributed by atoms with Crippen LogP contribution in [-0.4, -0.2) is 46.6 Å². The Morgan fingerprint density at radius 2 is 2.22 bits per heavy atom. The molecule has 0 spiro atoms. The number of rotatable bonds is 3. The van der Waals surface area contributed by atoms with E-state index >= 15 is 0 Å². The predicted octanol–water partition coefficient (Wildman–Crippen LogP) is 0.700. The maximum atomic E-state index is 12.1. The van der Waals surface area contributed by atoms with Crippen molar-refractivity contribution in [2.45, 2.75) is 25.9 Å². The van der Waals surface area contributed by atoms with E-state index in [1.807, 2.05) is 6.92 Å². The molecule has 18 heavy (non-hydrogen) atoms. The van der Waals surface area contributed by atoms with Gasteiger partial charge in [0, 0.05) is 19.7 Å². The molecule has 6 nitrogen and oxygen atoms in total. The highest BCUT2D eigenvalue weighted by molar-refractivity contribution is 5.92. The number of hydrogen-bond acceptors (Lipinski definition) is 5. The van der Waals surface area contributed by atoms with Gasteiger partial charge in [-0.05, 0) is 19.8 Å². The van der Waals surface area contributed by atoms with Crippen LogP contribution < -0.4 is 5.73 Å². The van der Waals surface area contributed by atoms with Crippen LogP contribution in [0.25, 0.3) is 0 Å². The summed E-state index contributed by atoms with van der Waals surface area (Å²) in [6, 6.07) is 0. The first-order valence-corrected chi connectivity index (χ1v) is 6.19. The van der Waals surface area contributed by atoms with Crippen molar-refractivity contribution in [3.63, 3.8) is 0 Å². The van der Waals surface area contributed by atoms with E-state index in [0.29, 0.717) is 18.8 Å². The minimum atomic E-state index is -0.107. The highest BCUT2D eigenvalue weighted by Gasteiger charge is 2.24. The summed E-state index contributed by atoms with van der Waals surface area (Å²) in [7, 11) is 0. The molecule has 0 aromatic carbocycles. The summed E-state index contributed by atoms with van der Waals surface area (Å²) in [5, 5.41) is 0. The lowest BCUT2D eigenvalue weighted by Gasteiger charge is -2.31. The maximum absolute atomic E-state index is 12.1. The Morgan fingerprint density at radius 3 is 2.83 bits per heavy atom. The quantitative estimate of drug-likeness (QED) is 0.854. The Bertz CT molecular complexity index is 416. The monoisotopic (exact) mass is 250 g/mol. The van der Waals surface area contributed by atoms with Crippen LogP contribution in [0.15, 0.2) is 12.4 Å². The number of carbonyl (C=O) groups excluding carboxylic acids is 1. The lowest BCUT2D eigenvalue weighted by atomic mass is 10.1. The van der Waals surface area contributed by atoms with Gasteiger partial charge in [-0.15, -0.1) is 0 Å². The predicted molar refractivity (Wildman–Crippen MR) is 67.0 cm³/mol. The van der Waals surface area contributed by atoms with Crippen molar-refractivity contribution in [3.05, 3.63) is 18.1 Å². The zero-order valence-electron chi connectivity index (χ0n) is 10.5. The third-order valence-electron chi connectivity index (χ3n) is 3.00. The molecule has 1 aromatic heterocycles. The highest BCUT2D eigenvalue weighted by Crippen LogP contribution is 2.15. The molecule has 98 valence electrons. The first kappa shape index (κ1) is 12.8. The first-order valence-electron chi connectivity index (χ1n) is 6.19. The lowest BCUT2D eigenvalue weighted by molar-refractivity contribution is 0.0144. The van der Waals surface area contributed by atoms with E-state index in [1.54, 1.807) is 4.90 Å². The van der Waals surface area contributed by atoms with E-state index in [-0.39, 0.29) is 17.8 Å². The number of anilines is 1. The lowest BCUT2D eigenvalue weighted by Crippen LogP contribution is -2.41. The zero-order chi connectivity index (χ0) is 13.0. The number of ether oxygens (including phenoxy) is 1. The number of amides is 1. The van der Waals surface area contributed by atoms with E-state index in [1.165, 1.54) is 12.4 Å². The SMILES string of the molecule is CCOC1CCN(C(=O)c2cncc(N)n2)CC1. The molecule has 0 aliphatic carbocycles. The molecule has 2 heterocycles. The fourth-order valence-electron chi connectivity index (χ4n) is 2.11. The molecule has 6 heteroatoms. The van der Waals surface area contributed by atoms with Crippen molar-refractivity contribution in [3.8, 4) is 0 Å². The minimum absolute atomic E-state index is 0.107. The summed E-state index contributed by atoms with van der Waals surface area (Å²) < 4.78 is 5.55. The minimum Gasteiger partial charge on any atom is -0.382 e. The summed E-state index contributed by atoms with van der Waals surface area (Å²) in [5.74, 6) is 0.162. The molecule has 2 rings (SSSR count). The Hall–Kier alpha value is -1.69. The third-order valence-corrected chi connectivity index (χ3v) is 3.00. The molecular formula is C12H18N4O2.